The molecule has 0 amide bonds. The van der Waals surface area contributed by atoms with Gasteiger partial charge in [0.1, 0.15) is 11.3 Å². The Hall–Kier alpha value is -2.06. The van der Waals surface area contributed by atoms with Crippen LogP contribution < -0.4 is 5.32 Å². The van der Waals surface area contributed by atoms with Gasteiger partial charge in [0, 0.05) is 17.0 Å². The minimum absolute atomic E-state index is 0.402. The van der Waals surface area contributed by atoms with Gasteiger partial charge in [0.25, 0.3) is 0 Å². The third kappa shape index (κ3) is 2.86. The average molecular weight is 279 g/mol. The molecule has 0 aliphatic rings. The topological polar surface area (TPSA) is 25.2 Å². The van der Waals surface area contributed by atoms with E-state index < -0.39 is 0 Å². The van der Waals surface area contributed by atoms with Crippen LogP contribution in [0.3, 0.4) is 0 Å². The number of hydrogen-bond donors (Lipinski definition) is 1. The number of benzene rings is 2. The van der Waals surface area contributed by atoms with Gasteiger partial charge in [-0.05, 0) is 36.7 Å². The summed E-state index contributed by atoms with van der Waals surface area (Å²) in [7, 11) is 0. The highest BCUT2D eigenvalue weighted by molar-refractivity contribution is 5.82. The van der Waals surface area contributed by atoms with Crippen LogP contribution in [0.5, 0.6) is 0 Å². The number of furan rings is 1. The van der Waals surface area contributed by atoms with Crippen molar-refractivity contribution in [1.29, 1.82) is 0 Å². The molecule has 0 spiro atoms. The highest BCUT2D eigenvalue weighted by atomic mass is 16.3. The maximum absolute atomic E-state index is 5.96. The molecule has 2 nitrogen and oxygen atoms in total. The van der Waals surface area contributed by atoms with E-state index in [4.69, 9.17) is 4.42 Å². The van der Waals surface area contributed by atoms with E-state index in [2.05, 4.69) is 55.6 Å². The van der Waals surface area contributed by atoms with Crippen molar-refractivity contribution >= 4 is 11.0 Å². The average Bonchev–Trinajstić information content (AvgIpc) is 2.97. The first-order valence-electron chi connectivity index (χ1n) is 7.64. The molecule has 1 heterocycles. The Bertz CT molecular complexity index is 696. The summed E-state index contributed by atoms with van der Waals surface area (Å²) in [6.07, 6.45) is 1.08. The summed E-state index contributed by atoms with van der Waals surface area (Å²) >= 11 is 0. The highest BCUT2D eigenvalue weighted by Crippen LogP contribution is 2.29. The summed E-state index contributed by atoms with van der Waals surface area (Å²) in [5, 5.41) is 4.67. The second kappa shape index (κ2) is 6.15. The largest absolute Gasteiger partial charge is 0.456 e. The smallest absolute Gasteiger partial charge is 0.135 e. The molecule has 3 rings (SSSR count). The first-order chi connectivity index (χ1) is 10.3. The quantitative estimate of drug-likeness (QED) is 0.697. The molecule has 1 unspecified atom stereocenters. The van der Waals surface area contributed by atoms with E-state index in [0.29, 0.717) is 6.04 Å². The Morgan fingerprint density at radius 3 is 2.62 bits per heavy atom. The lowest BCUT2D eigenvalue weighted by Crippen LogP contribution is -2.19. The Kier molecular flexibility index (Phi) is 4.07. The summed E-state index contributed by atoms with van der Waals surface area (Å²) in [4.78, 5) is 0. The predicted molar refractivity (Wildman–Crippen MR) is 88.4 cm³/mol. The van der Waals surface area contributed by atoms with Crippen LogP contribution in [0.15, 0.2) is 59.0 Å². The highest BCUT2D eigenvalue weighted by Gasteiger charge is 2.11. The number of para-hydroxylation sites is 1. The summed E-state index contributed by atoms with van der Waals surface area (Å²) in [6, 6.07) is 19.3. The van der Waals surface area contributed by atoms with Crippen LogP contribution in [-0.4, -0.2) is 6.54 Å². The maximum atomic E-state index is 5.96. The van der Waals surface area contributed by atoms with Crippen molar-refractivity contribution in [3.63, 3.8) is 0 Å². The fourth-order valence-electron chi connectivity index (χ4n) is 2.78. The molecule has 108 valence electrons. The summed E-state index contributed by atoms with van der Waals surface area (Å²) in [5.41, 5.74) is 3.40. The Morgan fingerprint density at radius 2 is 1.86 bits per heavy atom. The summed E-state index contributed by atoms with van der Waals surface area (Å²) in [6.45, 7) is 5.33. The Labute approximate surface area is 125 Å². The molecule has 0 bridgehead atoms. The number of rotatable bonds is 5. The molecule has 21 heavy (non-hydrogen) atoms. The third-order valence-corrected chi connectivity index (χ3v) is 3.86. The molecule has 1 aromatic heterocycles. The first-order valence-corrected chi connectivity index (χ1v) is 7.64. The van der Waals surface area contributed by atoms with Gasteiger partial charge in [0.15, 0.2) is 0 Å². The van der Waals surface area contributed by atoms with Gasteiger partial charge in [-0.3, -0.25) is 0 Å². The molecule has 0 radical (unpaired) electrons. The van der Waals surface area contributed by atoms with E-state index in [9.17, 15) is 0 Å². The zero-order chi connectivity index (χ0) is 14.7. The predicted octanol–water partition coefficient (Wildman–Crippen LogP) is 5.16. The molecule has 2 aromatic carbocycles. The molecule has 0 aliphatic carbocycles. The lowest BCUT2D eigenvalue weighted by molar-refractivity contribution is 0.537. The molecular formula is C19H21NO. The van der Waals surface area contributed by atoms with Gasteiger partial charge in [-0.2, -0.15) is 0 Å². The van der Waals surface area contributed by atoms with Crippen LogP contribution in [0.2, 0.25) is 0 Å². The maximum Gasteiger partial charge on any atom is 0.135 e. The van der Waals surface area contributed by atoms with Gasteiger partial charge in [0.2, 0.25) is 0 Å². The molecule has 0 saturated heterocycles. The second-order valence-electron chi connectivity index (χ2n) is 5.29. The molecule has 0 saturated carbocycles. The van der Waals surface area contributed by atoms with Crippen LogP contribution in [0.4, 0.5) is 0 Å². The summed E-state index contributed by atoms with van der Waals surface area (Å²) < 4.78 is 5.96. The molecule has 1 atom stereocenters. The van der Waals surface area contributed by atoms with Gasteiger partial charge in [-0.1, -0.05) is 50.2 Å². The zero-order valence-electron chi connectivity index (χ0n) is 12.6. The van der Waals surface area contributed by atoms with E-state index in [1.165, 1.54) is 5.56 Å². The molecular weight excluding hydrogens is 258 g/mol. The van der Waals surface area contributed by atoms with Crippen molar-refractivity contribution in [3.8, 4) is 11.3 Å². The van der Waals surface area contributed by atoms with Crippen molar-refractivity contribution in [2.24, 2.45) is 0 Å². The van der Waals surface area contributed by atoms with Crippen molar-refractivity contribution in [2.45, 2.75) is 26.3 Å². The number of fused-ring (bicyclic) bond motifs is 1. The van der Waals surface area contributed by atoms with E-state index in [1.807, 2.05) is 18.2 Å². The van der Waals surface area contributed by atoms with Gasteiger partial charge in [0.05, 0.1) is 0 Å². The molecule has 0 fully saturated rings. The Morgan fingerprint density at radius 1 is 1.00 bits per heavy atom. The SMILES string of the molecule is CCNC(CC)c1cccc(-c2cc3ccccc3o2)c1. The standard InChI is InChI=1S/C19H21NO/c1-3-17(20-4-2)14-9-7-10-15(12-14)19-13-16-8-5-6-11-18(16)21-19/h5-13,17,20H,3-4H2,1-2H3. The van der Waals surface area contributed by atoms with Crippen molar-refractivity contribution < 1.29 is 4.42 Å². The number of nitrogens with one attached hydrogen (secondary N) is 1. The normalized spacial score (nSPS) is 12.7. The van der Waals surface area contributed by atoms with E-state index in [-0.39, 0.29) is 0 Å². The zero-order valence-corrected chi connectivity index (χ0v) is 12.6. The lowest BCUT2D eigenvalue weighted by Gasteiger charge is -2.16. The fourth-order valence-corrected chi connectivity index (χ4v) is 2.78. The fraction of sp³-hybridized carbons (Fsp3) is 0.263. The Balaban J connectivity index is 1.98. The summed E-state index contributed by atoms with van der Waals surface area (Å²) in [5.74, 6) is 0.935. The van der Waals surface area contributed by atoms with Crippen molar-refractivity contribution in [3.05, 3.63) is 60.2 Å². The van der Waals surface area contributed by atoms with Crippen LogP contribution in [0.1, 0.15) is 31.9 Å². The lowest BCUT2D eigenvalue weighted by atomic mass is 10.0. The molecule has 2 heteroatoms. The second-order valence-corrected chi connectivity index (χ2v) is 5.29. The molecule has 0 aliphatic heterocycles. The van der Waals surface area contributed by atoms with Gasteiger partial charge in [-0.15, -0.1) is 0 Å². The van der Waals surface area contributed by atoms with Crippen molar-refractivity contribution in [2.75, 3.05) is 6.54 Å². The minimum Gasteiger partial charge on any atom is -0.456 e. The van der Waals surface area contributed by atoms with Crippen molar-refractivity contribution in [1.82, 2.24) is 5.32 Å². The monoisotopic (exact) mass is 279 g/mol. The van der Waals surface area contributed by atoms with E-state index in [1.54, 1.807) is 0 Å². The van der Waals surface area contributed by atoms with Crippen LogP contribution in [0, 0.1) is 0 Å². The minimum atomic E-state index is 0.402. The van der Waals surface area contributed by atoms with E-state index in [0.717, 1.165) is 35.3 Å². The van der Waals surface area contributed by atoms with Crippen LogP contribution in [-0.2, 0) is 0 Å². The van der Waals surface area contributed by atoms with Crippen LogP contribution in [0.25, 0.3) is 22.3 Å². The molecule has 3 aromatic rings. The van der Waals surface area contributed by atoms with Gasteiger partial charge >= 0.3 is 0 Å². The third-order valence-electron chi connectivity index (χ3n) is 3.86. The molecule has 1 N–H and O–H groups in total. The first kappa shape index (κ1) is 13.9. The number of hydrogen-bond acceptors (Lipinski definition) is 2. The van der Waals surface area contributed by atoms with Gasteiger partial charge in [-0.25, -0.2) is 0 Å². The van der Waals surface area contributed by atoms with Gasteiger partial charge < -0.3 is 9.73 Å². The van der Waals surface area contributed by atoms with E-state index >= 15 is 0 Å². The van der Waals surface area contributed by atoms with Crippen LogP contribution >= 0.6 is 0 Å².